The van der Waals surface area contributed by atoms with Gasteiger partial charge in [-0.25, -0.2) is 0 Å². The highest BCUT2D eigenvalue weighted by Crippen LogP contribution is 2.22. The van der Waals surface area contributed by atoms with Gasteiger partial charge in [-0.05, 0) is 43.3 Å². The summed E-state index contributed by atoms with van der Waals surface area (Å²) in [7, 11) is 0. The molecule has 0 unspecified atom stereocenters. The minimum Gasteiger partial charge on any atom is -0.483 e. The molecule has 8 nitrogen and oxygen atoms in total. The molecule has 1 heterocycles. The van der Waals surface area contributed by atoms with Crippen LogP contribution in [0.3, 0.4) is 0 Å². The maximum absolute atomic E-state index is 12.8. The van der Waals surface area contributed by atoms with Crippen molar-refractivity contribution in [2.75, 3.05) is 10.6 Å². The number of rotatable bonds is 7. The summed E-state index contributed by atoms with van der Waals surface area (Å²) in [4.78, 5) is 28.3. The molecule has 0 saturated heterocycles. The number of aryl methyl sites for hydroxylation is 1. The van der Waals surface area contributed by atoms with Crippen LogP contribution in [0.2, 0.25) is 0 Å². The Labute approximate surface area is 190 Å². The maximum Gasteiger partial charge on any atom is 0.264 e. The summed E-state index contributed by atoms with van der Waals surface area (Å²) >= 11 is 0. The Bertz CT molecular complexity index is 1260. The largest absolute Gasteiger partial charge is 0.483 e. The number of amides is 2. The van der Waals surface area contributed by atoms with E-state index < -0.39 is 0 Å². The number of carbonyl (C=O) groups excluding carboxylic acids is 2. The van der Waals surface area contributed by atoms with E-state index in [9.17, 15) is 9.59 Å². The number of hydrogen-bond donors (Lipinski definition) is 2. The molecule has 0 aliphatic rings. The molecule has 0 aliphatic heterocycles. The number of para-hydroxylation sites is 1. The Morgan fingerprint density at radius 3 is 2.27 bits per heavy atom. The number of carbonyl (C=O) groups is 2. The second-order valence-corrected chi connectivity index (χ2v) is 7.38. The van der Waals surface area contributed by atoms with Crippen LogP contribution in [-0.4, -0.2) is 22.0 Å². The number of aromatic nitrogens is 2. The molecule has 0 aliphatic carbocycles. The van der Waals surface area contributed by atoms with Gasteiger partial charge < -0.3 is 19.9 Å². The van der Waals surface area contributed by atoms with Crippen molar-refractivity contribution >= 4 is 23.2 Å². The topological polar surface area (TPSA) is 106 Å². The summed E-state index contributed by atoms with van der Waals surface area (Å²) in [5.74, 6) is 0.672. The number of nitrogens with one attached hydrogen (secondary N) is 2. The van der Waals surface area contributed by atoms with Crippen LogP contribution in [0, 0.1) is 6.92 Å². The summed E-state index contributed by atoms with van der Waals surface area (Å²) < 4.78 is 11.1. The molecule has 3 aromatic carbocycles. The maximum atomic E-state index is 12.8. The fraction of sp³-hybridized carbons (Fsp3) is 0.120. The second-order valence-electron chi connectivity index (χ2n) is 7.38. The van der Waals surface area contributed by atoms with Crippen molar-refractivity contribution in [3.05, 3.63) is 89.8 Å². The van der Waals surface area contributed by atoms with Crippen molar-refractivity contribution in [1.82, 2.24) is 10.1 Å². The first-order valence-corrected chi connectivity index (χ1v) is 10.3. The molecule has 0 spiro atoms. The lowest BCUT2D eigenvalue weighted by Crippen LogP contribution is -2.14. The van der Waals surface area contributed by atoms with Crippen molar-refractivity contribution < 1.29 is 18.8 Å². The van der Waals surface area contributed by atoms with E-state index in [0.717, 1.165) is 11.1 Å². The minimum atomic E-state index is -0.330. The molecule has 0 radical (unpaired) electrons. The van der Waals surface area contributed by atoms with Crippen LogP contribution in [0.4, 0.5) is 11.4 Å². The zero-order valence-electron chi connectivity index (χ0n) is 18.2. The van der Waals surface area contributed by atoms with Crippen LogP contribution < -0.4 is 15.4 Å². The van der Waals surface area contributed by atoms with E-state index in [1.807, 2.05) is 31.2 Å². The van der Waals surface area contributed by atoms with E-state index in [0.29, 0.717) is 34.4 Å². The van der Waals surface area contributed by atoms with Gasteiger partial charge in [0, 0.05) is 23.9 Å². The highest BCUT2D eigenvalue weighted by atomic mass is 16.5. The average molecular weight is 442 g/mol. The molecule has 8 heteroatoms. The number of ether oxygens (including phenoxy) is 1. The van der Waals surface area contributed by atoms with Crippen LogP contribution >= 0.6 is 0 Å². The smallest absolute Gasteiger partial charge is 0.264 e. The molecule has 166 valence electrons. The molecule has 0 atom stereocenters. The number of hydrogen-bond acceptors (Lipinski definition) is 6. The molecule has 4 aromatic rings. The lowest BCUT2D eigenvalue weighted by atomic mass is 10.1. The Morgan fingerprint density at radius 1 is 0.909 bits per heavy atom. The average Bonchev–Trinajstić information content (AvgIpc) is 3.28. The van der Waals surface area contributed by atoms with Gasteiger partial charge in [0.1, 0.15) is 5.75 Å². The zero-order chi connectivity index (χ0) is 23.2. The summed E-state index contributed by atoms with van der Waals surface area (Å²) in [5.41, 5.74) is 3.59. The Kier molecular flexibility index (Phi) is 6.45. The zero-order valence-corrected chi connectivity index (χ0v) is 18.2. The Hall–Kier alpha value is -4.46. The summed E-state index contributed by atoms with van der Waals surface area (Å²) in [5, 5.41) is 9.50. The molecule has 2 amide bonds. The summed E-state index contributed by atoms with van der Waals surface area (Å²) in [6.45, 7) is 3.46. The third-order valence-electron chi connectivity index (χ3n) is 4.72. The molecule has 0 saturated carbocycles. The first kappa shape index (κ1) is 21.8. The van der Waals surface area contributed by atoms with Crippen LogP contribution in [-0.2, 0) is 11.4 Å². The first-order valence-electron chi connectivity index (χ1n) is 10.3. The fourth-order valence-electron chi connectivity index (χ4n) is 3.09. The van der Waals surface area contributed by atoms with Gasteiger partial charge in [-0.2, -0.15) is 4.98 Å². The highest BCUT2D eigenvalue weighted by molar-refractivity contribution is 6.06. The first-order chi connectivity index (χ1) is 16.0. The van der Waals surface area contributed by atoms with E-state index in [1.165, 1.54) is 6.92 Å². The van der Waals surface area contributed by atoms with E-state index in [-0.39, 0.29) is 18.4 Å². The van der Waals surface area contributed by atoms with Crippen LogP contribution in [0.25, 0.3) is 11.4 Å². The molecule has 1 aromatic heterocycles. The van der Waals surface area contributed by atoms with Crippen molar-refractivity contribution in [2.24, 2.45) is 0 Å². The van der Waals surface area contributed by atoms with Gasteiger partial charge in [-0.3, -0.25) is 9.59 Å². The fourth-order valence-corrected chi connectivity index (χ4v) is 3.09. The Balaban J connectivity index is 1.42. The monoisotopic (exact) mass is 442 g/mol. The standard InChI is InChI=1S/C25H22N4O4/c1-16-7-9-18(10-8-16)24-28-23(33-29-24)15-32-22-6-4-3-5-21(22)25(31)27-20-13-11-19(12-14-20)26-17(2)30/h3-14H,15H2,1-2H3,(H,26,30)(H,27,31). The van der Waals surface area contributed by atoms with Gasteiger partial charge in [-0.15, -0.1) is 0 Å². The van der Waals surface area contributed by atoms with Gasteiger partial charge >= 0.3 is 0 Å². The SMILES string of the molecule is CC(=O)Nc1ccc(NC(=O)c2ccccc2OCc2nc(-c3ccc(C)cc3)no2)cc1. The van der Waals surface area contributed by atoms with Crippen molar-refractivity contribution in [3.63, 3.8) is 0 Å². The Morgan fingerprint density at radius 2 is 1.58 bits per heavy atom. The minimum absolute atomic E-state index is 0.0224. The van der Waals surface area contributed by atoms with E-state index in [2.05, 4.69) is 20.8 Å². The molecule has 4 rings (SSSR count). The van der Waals surface area contributed by atoms with Gasteiger partial charge in [0.15, 0.2) is 6.61 Å². The highest BCUT2D eigenvalue weighted by Gasteiger charge is 2.15. The molecule has 33 heavy (non-hydrogen) atoms. The summed E-state index contributed by atoms with van der Waals surface area (Å²) in [6, 6.07) is 21.5. The van der Waals surface area contributed by atoms with Crippen LogP contribution in [0.15, 0.2) is 77.3 Å². The third-order valence-corrected chi connectivity index (χ3v) is 4.72. The van der Waals surface area contributed by atoms with Crippen LogP contribution in [0.5, 0.6) is 5.75 Å². The molecule has 0 fully saturated rings. The third kappa shape index (κ3) is 5.62. The predicted molar refractivity (Wildman–Crippen MR) is 124 cm³/mol. The molecular formula is C25H22N4O4. The van der Waals surface area contributed by atoms with Gasteiger partial charge in [0.25, 0.3) is 11.8 Å². The van der Waals surface area contributed by atoms with E-state index in [1.54, 1.807) is 48.5 Å². The molecule has 2 N–H and O–H groups in total. The van der Waals surface area contributed by atoms with Gasteiger partial charge in [-0.1, -0.05) is 47.1 Å². The van der Waals surface area contributed by atoms with E-state index >= 15 is 0 Å². The van der Waals surface area contributed by atoms with E-state index in [4.69, 9.17) is 9.26 Å². The summed E-state index contributed by atoms with van der Waals surface area (Å²) in [6.07, 6.45) is 0. The van der Waals surface area contributed by atoms with Crippen molar-refractivity contribution in [2.45, 2.75) is 20.5 Å². The quantitative estimate of drug-likeness (QED) is 0.424. The number of benzene rings is 3. The molecule has 0 bridgehead atoms. The predicted octanol–water partition coefficient (Wildman–Crippen LogP) is 4.83. The van der Waals surface area contributed by atoms with Gasteiger partial charge in [0.2, 0.25) is 11.7 Å². The number of anilines is 2. The lowest BCUT2D eigenvalue weighted by molar-refractivity contribution is -0.114. The van der Waals surface area contributed by atoms with Crippen LogP contribution in [0.1, 0.15) is 28.7 Å². The van der Waals surface area contributed by atoms with Crippen molar-refractivity contribution in [1.29, 1.82) is 0 Å². The van der Waals surface area contributed by atoms with Crippen molar-refractivity contribution in [3.8, 4) is 17.1 Å². The van der Waals surface area contributed by atoms with Gasteiger partial charge in [0.05, 0.1) is 5.56 Å². The normalized spacial score (nSPS) is 10.5. The second kappa shape index (κ2) is 9.78. The number of nitrogens with zero attached hydrogens (tertiary/aromatic N) is 2. The lowest BCUT2D eigenvalue weighted by Gasteiger charge is -2.11. The molecular weight excluding hydrogens is 420 g/mol.